The lowest BCUT2D eigenvalue weighted by Crippen LogP contribution is -1.88. The maximum atomic E-state index is 9.73. The summed E-state index contributed by atoms with van der Waals surface area (Å²) in [6.45, 7) is 0. The molecule has 16 heavy (non-hydrogen) atoms. The van der Waals surface area contributed by atoms with Crippen LogP contribution < -0.4 is 0 Å². The van der Waals surface area contributed by atoms with Gasteiger partial charge in [0.1, 0.15) is 5.75 Å². The quantitative estimate of drug-likeness (QED) is 0.774. The normalized spacial score (nSPS) is 10.4. The van der Waals surface area contributed by atoms with E-state index in [1.54, 1.807) is 6.07 Å². The number of aromatic hydroxyl groups is 1. The van der Waals surface area contributed by atoms with Gasteiger partial charge in [-0.25, -0.2) is 0 Å². The molecule has 1 N–H and O–H groups in total. The van der Waals surface area contributed by atoms with Crippen LogP contribution in [0.15, 0.2) is 47.4 Å². The Labute approximate surface area is 105 Å². The Balaban J connectivity index is 2.23. The SMILES string of the molecule is Oc1cc(S)ccc1Cc1ccc(Cl)cc1. The molecule has 0 radical (unpaired) electrons. The van der Waals surface area contributed by atoms with Crippen molar-refractivity contribution in [2.24, 2.45) is 0 Å². The van der Waals surface area contributed by atoms with Gasteiger partial charge in [0.15, 0.2) is 0 Å². The predicted octanol–water partition coefficient (Wildman–Crippen LogP) is 3.93. The summed E-state index contributed by atoms with van der Waals surface area (Å²) >= 11 is 9.97. The summed E-state index contributed by atoms with van der Waals surface area (Å²) in [5.41, 5.74) is 2.01. The number of rotatable bonds is 2. The number of hydrogen-bond acceptors (Lipinski definition) is 2. The van der Waals surface area contributed by atoms with E-state index in [4.69, 9.17) is 11.6 Å². The molecule has 0 heterocycles. The third-order valence-corrected chi connectivity index (χ3v) is 2.91. The van der Waals surface area contributed by atoms with Crippen LogP contribution in [0, 0.1) is 0 Å². The lowest BCUT2D eigenvalue weighted by atomic mass is 10.0. The average molecular weight is 251 g/mol. The van der Waals surface area contributed by atoms with Crippen LogP contribution in [0.4, 0.5) is 0 Å². The van der Waals surface area contributed by atoms with Crippen molar-refractivity contribution >= 4 is 24.2 Å². The first-order valence-electron chi connectivity index (χ1n) is 4.90. The second-order valence-corrected chi connectivity index (χ2v) is 4.57. The molecule has 0 aliphatic heterocycles. The van der Waals surface area contributed by atoms with Crippen LogP contribution in [0.1, 0.15) is 11.1 Å². The second-order valence-electron chi connectivity index (χ2n) is 3.62. The summed E-state index contributed by atoms with van der Waals surface area (Å²) in [4.78, 5) is 0.761. The van der Waals surface area contributed by atoms with Crippen LogP contribution in [-0.2, 0) is 6.42 Å². The topological polar surface area (TPSA) is 20.2 Å². The molecule has 2 aromatic rings. The fourth-order valence-corrected chi connectivity index (χ4v) is 1.85. The van der Waals surface area contributed by atoms with E-state index in [2.05, 4.69) is 12.6 Å². The molecule has 0 spiro atoms. The molecule has 0 aromatic heterocycles. The molecular formula is C13H11ClOS. The van der Waals surface area contributed by atoms with Crippen LogP contribution in [0.2, 0.25) is 5.02 Å². The standard InChI is InChI=1S/C13H11ClOS/c14-11-4-1-9(2-5-11)7-10-3-6-12(16)8-13(10)15/h1-6,8,15-16H,7H2. The first-order chi connectivity index (χ1) is 7.65. The zero-order chi connectivity index (χ0) is 11.5. The summed E-state index contributed by atoms with van der Waals surface area (Å²) in [5.74, 6) is 0.280. The molecule has 3 heteroatoms. The molecular weight excluding hydrogens is 240 g/mol. The van der Waals surface area contributed by atoms with Gasteiger partial charge >= 0.3 is 0 Å². The fourth-order valence-electron chi connectivity index (χ4n) is 1.52. The predicted molar refractivity (Wildman–Crippen MR) is 69.6 cm³/mol. The van der Waals surface area contributed by atoms with Crippen molar-refractivity contribution in [3.8, 4) is 5.75 Å². The minimum atomic E-state index is 0.280. The molecule has 0 unspecified atom stereocenters. The van der Waals surface area contributed by atoms with Crippen molar-refractivity contribution in [2.45, 2.75) is 11.3 Å². The zero-order valence-corrected chi connectivity index (χ0v) is 10.2. The lowest BCUT2D eigenvalue weighted by Gasteiger charge is -2.05. The first kappa shape index (κ1) is 11.4. The largest absolute Gasteiger partial charge is 0.508 e. The van der Waals surface area contributed by atoms with Crippen LogP contribution in [0.25, 0.3) is 0 Å². The molecule has 0 saturated heterocycles. The van der Waals surface area contributed by atoms with Gasteiger partial charge in [-0.2, -0.15) is 0 Å². The highest BCUT2D eigenvalue weighted by atomic mass is 35.5. The Morgan fingerprint density at radius 1 is 1.06 bits per heavy atom. The number of hydrogen-bond donors (Lipinski definition) is 2. The minimum Gasteiger partial charge on any atom is -0.508 e. The summed E-state index contributed by atoms with van der Waals surface area (Å²) in [6, 6.07) is 13.0. The van der Waals surface area contributed by atoms with Gasteiger partial charge in [0, 0.05) is 16.3 Å². The molecule has 0 aliphatic carbocycles. The number of halogens is 1. The molecule has 0 bridgehead atoms. The third kappa shape index (κ3) is 2.71. The monoisotopic (exact) mass is 250 g/mol. The van der Waals surface area contributed by atoms with Crippen molar-refractivity contribution in [3.05, 3.63) is 58.6 Å². The highest BCUT2D eigenvalue weighted by Gasteiger charge is 2.02. The molecule has 0 saturated carbocycles. The fraction of sp³-hybridized carbons (Fsp3) is 0.0769. The number of phenolic OH excluding ortho intramolecular Hbond substituents is 1. The lowest BCUT2D eigenvalue weighted by molar-refractivity contribution is 0.468. The van der Waals surface area contributed by atoms with Crippen molar-refractivity contribution < 1.29 is 5.11 Å². The van der Waals surface area contributed by atoms with E-state index in [9.17, 15) is 5.11 Å². The number of phenols is 1. The summed E-state index contributed by atoms with van der Waals surface area (Å²) in [5, 5.41) is 10.5. The maximum Gasteiger partial charge on any atom is 0.120 e. The van der Waals surface area contributed by atoms with Gasteiger partial charge < -0.3 is 5.11 Å². The Hall–Kier alpha value is -1.12. The van der Waals surface area contributed by atoms with E-state index in [0.717, 1.165) is 21.0 Å². The van der Waals surface area contributed by atoms with E-state index in [-0.39, 0.29) is 5.75 Å². The minimum absolute atomic E-state index is 0.280. The Morgan fingerprint density at radius 3 is 2.38 bits per heavy atom. The van der Waals surface area contributed by atoms with Crippen LogP contribution >= 0.6 is 24.2 Å². The number of thiol groups is 1. The molecule has 0 aliphatic rings. The van der Waals surface area contributed by atoms with Crippen molar-refractivity contribution in [1.29, 1.82) is 0 Å². The van der Waals surface area contributed by atoms with Crippen molar-refractivity contribution in [1.82, 2.24) is 0 Å². The van der Waals surface area contributed by atoms with E-state index in [0.29, 0.717) is 6.42 Å². The maximum absolute atomic E-state index is 9.73. The highest BCUT2D eigenvalue weighted by Crippen LogP contribution is 2.23. The Morgan fingerprint density at radius 2 is 1.75 bits per heavy atom. The van der Waals surface area contributed by atoms with Gasteiger partial charge in [0.25, 0.3) is 0 Å². The zero-order valence-electron chi connectivity index (χ0n) is 8.52. The summed E-state index contributed by atoms with van der Waals surface area (Å²) in [6.07, 6.45) is 0.692. The van der Waals surface area contributed by atoms with Gasteiger partial charge in [-0.3, -0.25) is 0 Å². The molecule has 2 rings (SSSR count). The van der Waals surface area contributed by atoms with E-state index in [1.165, 1.54) is 0 Å². The summed E-state index contributed by atoms with van der Waals surface area (Å²) < 4.78 is 0. The van der Waals surface area contributed by atoms with Crippen molar-refractivity contribution in [2.75, 3.05) is 0 Å². The summed E-state index contributed by atoms with van der Waals surface area (Å²) in [7, 11) is 0. The van der Waals surface area contributed by atoms with Gasteiger partial charge in [-0.1, -0.05) is 29.8 Å². The molecule has 1 nitrogen and oxygen atoms in total. The van der Waals surface area contributed by atoms with Crippen LogP contribution in [0.5, 0.6) is 5.75 Å². The Bertz CT molecular complexity index is 494. The van der Waals surface area contributed by atoms with Gasteiger partial charge in [-0.15, -0.1) is 12.6 Å². The second kappa shape index (κ2) is 4.81. The molecule has 2 aromatic carbocycles. The Kier molecular flexibility index (Phi) is 3.42. The van der Waals surface area contributed by atoms with Crippen molar-refractivity contribution in [3.63, 3.8) is 0 Å². The van der Waals surface area contributed by atoms with Gasteiger partial charge in [0.2, 0.25) is 0 Å². The van der Waals surface area contributed by atoms with Gasteiger partial charge in [0.05, 0.1) is 0 Å². The molecule has 0 atom stereocenters. The first-order valence-corrected chi connectivity index (χ1v) is 5.73. The van der Waals surface area contributed by atoms with E-state index in [1.807, 2.05) is 36.4 Å². The van der Waals surface area contributed by atoms with Gasteiger partial charge in [-0.05, 0) is 35.4 Å². The van der Waals surface area contributed by atoms with E-state index >= 15 is 0 Å². The van der Waals surface area contributed by atoms with E-state index < -0.39 is 0 Å². The molecule has 0 amide bonds. The molecule has 0 fully saturated rings. The van der Waals surface area contributed by atoms with Crippen LogP contribution in [0.3, 0.4) is 0 Å². The average Bonchev–Trinajstić information content (AvgIpc) is 2.25. The third-order valence-electron chi connectivity index (χ3n) is 2.38. The van der Waals surface area contributed by atoms with Crippen LogP contribution in [-0.4, -0.2) is 5.11 Å². The highest BCUT2D eigenvalue weighted by molar-refractivity contribution is 7.80. The molecule has 82 valence electrons. The number of benzene rings is 2. The smallest absolute Gasteiger partial charge is 0.120 e.